The van der Waals surface area contributed by atoms with Crippen molar-refractivity contribution in [3.05, 3.63) is 0 Å². The molecule has 0 spiro atoms. The average Bonchev–Trinajstić information content (AvgIpc) is 2.38. The molecule has 0 radical (unpaired) electrons. The number of amides is 2. The molecular formula is C14H30IN5O2. The van der Waals surface area contributed by atoms with Crippen LogP contribution in [-0.2, 0) is 9.59 Å². The smallest absolute Gasteiger partial charge is 0.239 e. The normalized spacial score (nSPS) is 11.2. The molecule has 0 saturated heterocycles. The second kappa shape index (κ2) is 12.5. The van der Waals surface area contributed by atoms with E-state index in [0.717, 1.165) is 6.42 Å². The Morgan fingerprint density at radius 1 is 1.00 bits per heavy atom. The highest BCUT2D eigenvalue weighted by Gasteiger charge is 2.13. The summed E-state index contributed by atoms with van der Waals surface area (Å²) in [4.78, 5) is 27.1. The summed E-state index contributed by atoms with van der Waals surface area (Å²) in [6.07, 6.45) is 1.29. The van der Waals surface area contributed by atoms with Gasteiger partial charge in [-0.25, -0.2) is 0 Å². The Hall–Kier alpha value is -1.06. The minimum atomic E-state index is -0.257. The first kappa shape index (κ1) is 23.2. The number of carbonyl (C=O) groups excluding carboxylic acids is 2. The number of rotatable bonds is 7. The highest BCUT2D eigenvalue weighted by Crippen LogP contribution is 1.96. The van der Waals surface area contributed by atoms with Crippen LogP contribution in [0, 0.1) is 0 Å². The predicted molar refractivity (Wildman–Crippen MR) is 101 cm³/mol. The zero-order valence-corrected chi connectivity index (χ0v) is 16.5. The summed E-state index contributed by atoms with van der Waals surface area (Å²) in [5.41, 5.74) is -0.257. The molecule has 4 N–H and O–H groups in total. The third-order valence-electron chi connectivity index (χ3n) is 2.37. The molecule has 0 atom stereocenters. The van der Waals surface area contributed by atoms with Crippen LogP contribution in [0.4, 0.5) is 0 Å². The number of hydrogen-bond donors (Lipinski definition) is 4. The SMILES string of the molecule is CCCNC(=O)CCNC(=NC)NCC(=O)NC(C)(C)C.I. The lowest BCUT2D eigenvalue weighted by molar-refractivity contribution is -0.122. The number of aliphatic imine (C=N–C) groups is 1. The number of nitrogens with zero attached hydrogens (tertiary/aromatic N) is 1. The van der Waals surface area contributed by atoms with Crippen molar-refractivity contribution in [2.75, 3.05) is 26.7 Å². The van der Waals surface area contributed by atoms with Crippen molar-refractivity contribution >= 4 is 41.8 Å². The van der Waals surface area contributed by atoms with Crippen LogP contribution in [0.15, 0.2) is 4.99 Å². The standard InChI is InChI=1S/C14H29N5O2.HI/c1-6-8-16-11(20)7-9-17-13(15-5)18-10-12(21)19-14(2,3)4;/h6-10H2,1-5H3,(H,16,20)(H,19,21)(H2,15,17,18);1H. The highest BCUT2D eigenvalue weighted by molar-refractivity contribution is 14.0. The molecule has 0 aliphatic heterocycles. The quantitative estimate of drug-likeness (QED) is 0.272. The molecule has 130 valence electrons. The van der Waals surface area contributed by atoms with Gasteiger partial charge in [-0.15, -0.1) is 24.0 Å². The van der Waals surface area contributed by atoms with Gasteiger partial charge in [0.25, 0.3) is 0 Å². The van der Waals surface area contributed by atoms with E-state index in [1.165, 1.54) is 0 Å². The molecule has 7 nitrogen and oxygen atoms in total. The predicted octanol–water partition coefficient (Wildman–Crippen LogP) is 0.600. The first-order valence-electron chi connectivity index (χ1n) is 7.30. The molecule has 0 bridgehead atoms. The van der Waals surface area contributed by atoms with Crippen molar-refractivity contribution < 1.29 is 9.59 Å². The monoisotopic (exact) mass is 427 g/mol. The van der Waals surface area contributed by atoms with E-state index < -0.39 is 0 Å². The van der Waals surface area contributed by atoms with Crippen molar-refractivity contribution in [1.29, 1.82) is 0 Å². The summed E-state index contributed by atoms with van der Waals surface area (Å²) in [5.74, 6) is 0.402. The van der Waals surface area contributed by atoms with E-state index in [2.05, 4.69) is 26.3 Å². The maximum Gasteiger partial charge on any atom is 0.239 e. The van der Waals surface area contributed by atoms with Gasteiger partial charge < -0.3 is 21.3 Å². The van der Waals surface area contributed by atoms with Crippen molar-refractivity contribution in [3.63, 3.8) is 0 Å². The van der Waals surface area contributed by atoms with E-state index in [0.29, 0.717) is 25.5 Å². The molecule has 22 heavy (non-hydrogen) atoms. The fourth-order valence-corrected chi connectivity index (χ4v) is 1.49. The molecule has 8 heteroatoms. The molecule has 0 aromatic rings. The Morgan fingerprint density at radius 3 is 2.14 bits per heavy atom. The van der Waals surface area contributed by atoms with Crippen molar-refractivity contribution in [2.24, 2.45) is 4.99 Å². The van der Waals surface area contributed by atoms with Crippen LogP contribution in [0.5, 0.6) is 0 Å². The molecular weight excluding hydrogens is 397 g/mol. The molecule has 0 aliphatic carbocycles. The lowest BCUT2D eigenvalue weighted by atomic mass is 10.1. The largest absolute Gasteiger partial charge is 0.356 e. The summed E-state index contributed by atoms with van der Waals surface area (Å²) >= 11 is 0. The van der Waals surface area contributed by atoms with Gasteiger partial charge in [0, 0.05) is 32.1 Å². The minimum absolute atomic E-state index is 0. The van der Waals surface area contributed by atoms with Crippen LogP contribution in [-0.4, -0.2) is 50.0 Å². The Bertz CT molecular complexity index is 367. The minimum Gasteiger partial charge on any atom is -0.356 e. The number of hydrogen-bond acceptors (Lipinski definition) is 3. The topological polar surface area (TPSA) is 94.6 Å². The summed E-state index contributed by atoms with van der Waals surface area (Å²) in [7, 11) is 1.62. The third kappa shape index (κ3) is 13.9. The zero-order valence-electron chi connectivity index (χ0n) is 14.2. The van der Waals surface area contributed by atoms with Crippen LogP contribution in [0.2, 0.25) is 0 Å². The molecule has 0 saturated carbocycles. The molecule has 0 unspecified atom stereocenters. The first-order valence-corrected chi connectivity index (χ1v) is 7.30. The van der Waals surface area contributed by atoms with E-state index in [9.17, 15) is 9.59 Å². The van der Waals surface area contributed by atoms with E-state index in [-0.39, 0.29) is 47.9 Å². The molecule has 0 aromatic heterocycles. The first-order chi connectivity index (χ1) is 9.78. The van der Waals surface area contributed by atoms with E-state index in [4.69, 9.17) is 0 Å². The Morgan fingerprint density at radius 2 is 1.64 bits per heavy atom. The van der Waals surface area contributed by atoms with Gasteiger partial charge in [0.1, 0.15) is 0 Å². The van der Waals surface area contributed by atoms with Gasteiger partial charge in [-0.3, -0.25) is 14.6 Å². The van der Waals surface area contributed by atoms with Crippen LogP contribution in [0.3, 0.4) is 0 Å². The fraction of sp³-hybridized carbons (Fsp3) is 0.786. The van der Waals surface area contributed by atoms with Gasteiger partial charge >= 0.3 is 0 Å². The second-order valence-electron chi connectivity index (χ2n) is 5.75. The number of nitrogens with one attached hydrogen (secondary N) is 4. The van der Waals surface area contributed by atoms with Gasteiger partial charge in [0.2, 0.25) is 11.8 Å². The van der Waals surface area contributed by atoms with E-state index >= 15 is 0 Å². The Kier molecular flexibility index (Phi) is 13.2. The van der Waals surface area contributed by atoms with Crippen molar-refractivity contribution in [1.82, 2.24) is 21.3 Å². The maximum absolute atomic E-state index is 11.7. The van der Waals surface area contributed by atoms with E-state index in [1.807, 2.05) is 27.7 Å². The average molecular weight is 427 g/mol. The van der Waals surface area contributed by atoms with Gasteiger partial charge in [0.05, 0.1) is 6.54 Å². The van der Waals surface area contributed by atoms with Crippen molar-refractivity contribution in [3.8, 4) is 0 Å². The number of halogens is 1. The Balaban J connectivity index is 0. The van der Waals surface area contributed by atoms with Crippen LogP contribution < -0.4 is 21.3 Å². The van der Waals surface area contributed by atoms with Crippen molar-refractivity contribution in [2.45, 2.75) is 46.1 Å². The molecule has 0 aliphatic rings. The second-order valence-corrected chi connectivity index (χ2v) is 5.75. The van der Waals surface area contributed by atoms with Gasteiger partial charge in [-0.05, 0) is 27.2 Å². The van der Waals surface area contributed by atoms with Crippen LogP contribution in [0.1, 0.15) is 40.5 Å². The molecule has 2 amide bonds. The summed E-state index contributed by atoms with van der Waals surface area (Å²) in [6.45, 7) is 9.08. The maximum atomic E-state index is 11.7. The van der Waals surface area contributed by atoms with E-state index in [1.54, 1.807) is 7.05 Å². The van der Waals surface area contributed by atoms with Crippen LogP contribution >= 0.6 is 24.0 Å². The lowest BCUT2D eigenvalue weighted by Gasteiger charge is -2.21. The molecule has 0 rings (SSSR count). The highest BCUT2D eigenvalue weighted by atomic mass is 127. The summed E-state index contributed by atoms with van der Waals surface area (Å²) < 4.78 is 0. The number of carbonyl (C=O) groups is 2. The lowest BCUT2D eigenvalue weighted by Crippen LogP contribution is -2.48. The fourth-order valence-electron chi connectivity index (χ4n) is 1.49. The number of guanidine groups is 1. The van der Waals surface area contributed by atoms with Crippen LogP contribution in [0.25, 0.3) is 0 Å². The van der Waals surface area contributed by atoms with Gasteiger partial charge in [-0.2, -0.15) is 0 Å². The zero-order chi connectivity index (χ0) is 16.3. The molecule has 0 fully saturated rings. The third-order valence-corrected chi connectivity index (χ3v) is 2.37. The Labute approximate surface area is 150 Å². The van der Waals surface area contributed by atoms with Gasteiger partial charge in [-0.1, -0.05) is 6.92 Å². The van der Waals surface area contributed by atoms with Gasteiger partial charge in [0.15, 0.2) is 5.96 Å². The summed E-state index contributed by atoms with van der Waals surface area (Å²) in [6, 6.07) is 0. The molecule has 0 aromatic carbocycles. The molecule has 0 heterocycles. The summed E-state index contributed by atoms with van der Waals surface area (Å²) in [5, 5.41) is 11.5.